The average molecular weight is 377 g/mol. The summed E-state index contributed by atoms with van der Waals surface area (Å²) in [4.78, 5) is 24.4. The summed E-state index contributed by atoms with van der Waals surface area (Å²) in [6, 6.07) is 14.0. The average Bonchev–Trinajstić information content (AvgIpc) is 3.08. The number of aryl methyl sites for hydroxylation is 1. The molecule has 0 fully saturated rings. The second kappa shape index (κ2) is 8.39. The summed E-state index contributed by atoms with van der Waals surface area (Å²) in [6.45, 7) is 5.75. The van der Waals surface area contributed by atoms with Crippen molar-refractivity contribution in [2.45, 2.75) is 26.8 Å². The van der Waals surface area contributed by atoms with E-state index in [-0.39, 0.29) is 18.0 Å². The Balaban J connectivity index is 1.63. The molecule has 0 saturated heterocycles. The van der Waals surface area contributed by atoms with Gasteiger partial charge in [-0.2, -0.15) is 5.10 Å². The number of H-pyrrole nitrogens is 1. The van der Waals surface area contributed by atoms with E-state index < -0.39 is 0 Å². The zero-order valence-electron chi connectivity index (χ0n) is 16.0. The maximum Gasteiger partial charge on any atom is 0.323 e. The number of nitrogens with one attached hydrogen (secondary N) is 4. The van der Waals surface area contributed by atoms with Crippen LogP contribution in [0.2, 0.25) is 0 Å². The number of hydrogen-bond donors (Lipinski definition) is 4. The van der Waals surface area contributed by atoms with Crippen LogP contribution in [0.25, 0.3) is 11.1 Å². The summed E-state index contributed by atoms with van der Waals surface area (Å²) in [5, 5.41) is 15.3. The van der Waals surface area contributed by atoms with Crippen molar-refractivity contribution in [1.29, 1.82) is 0 Å². The van der Waals surface area contributed by atoms with Gasteiger partial charge in [0.15, 0.2) is 0 Å². The summed E-state index contributed by atoms with van der Waals surface area (Å²) in [5.74, 6) is -0.177. The molecule has 1 aromatic heterocycles. The summed E-state index contributed by atoms with van der Waals surface area (Å²) in [5.41, 5.74) is 4.72. The molecule has 3 amide bonds. The van der Waals surface area contributed by atoms with E-state index in [1.54, 1.807) is 30.5 Å². The fourth-order valence-corrected chi connectivity index (χ4v) is 2.75. The van der Waals surface area contributed by atoms with Gasteiger partial charge >= 0.3 is 6.03 Å². The highest BCUT2D eigenvalue weighted by atomic mass is 16.2. The Morgan fingerprint density at radius 1 is 1.00 bits per heavy atom. The normalized spacial score (nSPS) is 10.6. The van der Waals surface area contributed by atoms with Gasteiger partial charge in [0.05, 0.1) is 6.20 Å². The molecule has 0 saturated carbocycles. The molecule has 144 valence electrons. The van der Waals surface area contributed by atoms with Gasteiger partial charge in [-0.25, -0.2) is 4.79 Å². The lowest BCUT2D eigenvalue weighted by molar-refractivity contribution is 0.0943. The smallest absolute Gasteiger partial charge is 0.323 e. The Morgan fingerprint density at radius 3 is 2.36 bits per heavy atom. The molecule has 0 aliphatic carbocycles. The van der Waals surface area contributed by atoms with Crippen molar-refractivity contribution in [2.75, 3.05) is 10.6 Å². The Hall–Kier alpha value is -3.61. The van der Waals surface area contributed by atoms with Crippen LogP contribution in [0, 0.1) is 6.92 Å². The number of hydrogen-bond acceptors (Lipinski definition) is 3. The zero-order valence-corrected chi connectivity index (χ0v) is 16.0. The monoisotopic (exact) mass is 377 g/mol. The van der Waals surface area contributed by atoms with Crippen molar-refractivity contribution in [2.24, 2.45) is 0 Å². The minimum Gasteiger partial charge on any atom is -0.350 e. The molecule has 0 spiro atoms. The van der Waals surface area contributed by atoms with E-state index in [9.17, 15) is 9.59 Å². The molecule has 3 aromatic rings. The fourth-order valence-electron chi connectivity index (χ4n) is 2.75. The SMILES string of the molecule is Cc1[nH]ncc1-c1ccc(NC(=O)Nc2cccc(C(=O)NC(C)C)c2)cc1. The predicted molar refractivity (Wildman–Crippen MR) is 110 cm³/mol. The first-order valence-electron chi connectivity index (χ1n) is 9.01. The summed E-state index contributed by atoms with van der Waals surface area (Å²) in [7, 11) is 0. The molecule has 0 radical (unpaired) electrons. The van der Waals surface area contributed by atoms with Gasteiger partial charge < -0.3 is 16.0 Å². The van der Waals surface area contributed by atoms with Crippen molar-refractivity contribution in [3.8, 4) is 11.1 Å². The van der Waals surface area contributed by atoms with E-state index in [0.29, 0.717) is 16.9 Å². The number of amides is 3. The van der Waals surface area contributed by atoms with Crippen molar-refractivity contribution >= 4 is 23.3 Å². The van der Waals surface area contributed by atoms with Crippen LogP contribution >= 0.6 is 0 Å². The van der Waals surface area contributed by atoms with Crippen LogP contribution in [0.3, 0.4) is 0 Å². The Kier molecular flexibility index (Phi) is 5.74. The van der Waals surface area contributed by atoms with Crippen LogP contribution in [0.1, 0.15) is 29.9 Å². The molecule has 3 rings (SSSR count). The minimum absolute atomic E-state index is 0.0428. The molecule has 4 N–H and O–H groups in total. The zero-order chi connectivity index (χ0) is 20.1. The third-order valence-corrected chi connectivity index (χ3v) is 4.09. The Morgan fingerprint density at radius 2 is 1.71 bits per heavy atom. The van der Waals surface area contributed by atoms with Crippen LogP contribution in [-0.4, -0.2) is 28.2 Å². The quantitative estimate of drug-likeness (QED) is 0.537. The Labute approximate surface area is 163 Å². The van der Waals surface area contributed by atoms with Gasteiger partial charge in [0, 0.05) is 34.2 Å². The van der Waals surface area contributed by atoms with E-state index >= 15 is 0 Å². The van der Waals surface area contributed by atoms with E-state index in [0.717, 1.165) is 16.8 Å². The van der Waals surface area contributed by atoms with Gasteiger partial charge in [-0.1, -0.05) is 18.2 Å². The number of benzene rings is 2. The first-order chi connectivity index (χ1) is 13.4. The number of anilines is 2. The van der Waals surface area contributed by atoms with Crippen LogP contribution in [-0.2, 0) is 0 Å². The highest BCUT2D eigenvalue weighted by molar-refractivity contribution is 6.01. The predicted octanol–water partition coefficient (Wildman–Crippen LogP) is 4.17. The maximum atomic E-state index is 12.3. The first kappa shape index (κ1) is 19.2. The number of nitrogens with zero attached hydrogens (tertiary/aromatic N) is 1. The number of aromatic nitrogens is 2. The summed E-state index contributed by atoms with van der Waals surface area (Å²) in [6.07, 6.45) is 1.77. The summed E-state index contributed by atoms with van der Waals surface area (Å²) < 4.78 is 0. The van der Waals surface area contributed by atoms with E-state index in [1.165, 1.54) is 0 Å². The lowest BCUT2D eigenvalue weighted by atomic mass is 10.1. The fraction of sp³-hybridized carbons (Fsp3) is 0.190. The first-order valence-corrected chi connectivity index (χ1v) is 9.01. The van der Waals surface area contributed by atoms with Crippen LogP contribution < -0.4 is 16.0 Å². The van der Waals surface area contributed by atoms with E-state index in [1.807, 2.05) is 45.0 Å². The molecule has 0 atom stereocenters. The number of aromatic amines is 1. The molecule has 7 nitrogen and oxygen atoms in total. The van der Waals surface area contributed by atoms with Gasteiger partial charge in [0.1, 0.15) is 0 Å². The molecule has 0 bridgehead atoms. The largest absolute Gasteiger partial charge is 0.350 e. The number of urea groups is 1. The molecular formula is C21H23N5O2. The van der Waals surface area contributed by atoms with Gasteiger partial charge in [-0.15, -0.1) is 0 Å². The van der Waals surface area contributed by atoms with E-state index in [4.69, 9.17) is 0 Å². The van der Waals surface area contributed by atoms with E-state index in [2.05, 4.69) is 26.1 Å². The third kappa shape index (κ3) is 4.76. The second-order valence-corrected chi connectivity index (χ2v) is 6.77. The molecule has 0 aliphatic rings. The third-order valence-electron chi connectivity index (χ3n) is 4.09. The van der Waals surface area contributed by atoms with Crippen molar-refractivity contribution in [3.63, 3.8) is 0 Å². The minimum atomic E-state index is -0.381. The van der Waals surface area contributed by atoms with Gasteiger partial charge in [0.2, 0.25) is 0 Å². The van der Waals surface area contributed by atoms with Crippen LogP contribution in [0.4, 0.5) is 16.2 Å². The molecule has 0 unspecified atom stereocenters. The van der Waals surface area contributed by atoms with Crippen molar-refractivity contribution < 1.29 is 9.59 Å². The topological polar surface area (TPSA) is 98.9 Å². The van der Waals surface area contributed by atoms with Crippen LogP contribution in [0.15, 0.2) is 54.7 Å². The van der Waals surface area contributed by atoms with Crippen molar-refractivity contribution in [3.05, 3.63) is 66.0 Å². The molecular weight excluding hydrogens is 354 g/mol. The highest BCUT2D eigenvalue weighted by Crippen LogP contribution is 2.23. The number of rotatable bonds is 5. The molecule has 0 aliphatic heterocycles. The van der Waals surface area contributed by atoms with Gasteiger partial charge in [0.25, 0.3) is 5.91 Å². The molecule has 2 aromatic carbocycles. The Bertz CT molecular complexity index is 976. The van der Waals surface area contributed by atoms with Crippen molar-refractivity contribution in [1.82, 2.24) is 15.5 Å². The molecule has 1 heterocycles. The van der Waals surface area contributed by atoms with Gasteiger partial charge in [-0.3, -0.25) is 9.89 Å². The maximum absolute atomic E-state index is 12.3. The molecule has 7 heteroatoms. The van der Waals surface area contributed by atoms with Crippen LogP contribution in [0.5, 0.6) is 0 Å². The standard InChI is InChI=1S/C21H23N5O2/c1-13(2)23-20(27)16-5-4-6-18(11-16)25-21(28)24-17-9-7-15(8-10-17)19-12-22-26-14(19)3/h4-13H,1-3H3,(H,22,26)(H,23,27)(H2,24,25,28). The number of carbonyl (C=O) groups is 2. The highest BCUT2D eigenvalue weighted by Gasteiger charge is 2.09. The summed E-state index contributed by atoms with van der Waals surface area (Å²) >= 11 is 0. The lowest BCUT2D eigenvalue weighted by Gasteiger charge is -2.11. The number of carbonyl (C=O) groups excluding carboxylic acids is 2. The van der Waals surface area contributed by atoms with Gasteiger partial charge in [-0.05, 0) is 56.7 Å². The molecule has 28 heavy (non-hydrogen) atoms. The lowest BCUT2D eigenvalue weighted by Crippen LogP contribution is -2.30. The second-order valence-electron chi connectivity index (χ2n) is 6.77.